The highest BCUT2D eigenvalue weighted by Crippen LogP contribution is 2.41. The molecule has 3 rings (SSSR count). The van der Waals surface area contributed by atoms with Crippen LogP contribution < -0.4 is 5.32 Å². The first-order chi connectivity index (χ1) is 8.67. The molecule has 2 fully saturated rings. The molecule has 1 aromatic rings. The molecule has 1 aliphatic carbocycles. The number of hydrogen-bond acceptors (Lipinski definition) is 3. The van der Waals surface area contributed by atoms with Gasteiger partial charge in [-0.1, -0.05) is 6.07 Å². The smallest absolute Gasteiger partial charge is 0.0309 e. The van der Waals surface area contributed by atoms with Gasteiger partial charge in [-0.15, -0.1) is 11.3 Å². The summed E-state index contributed by atoms with van der Waals surface area (Å²) in [6.45, 7) is 8.40. The average Bonchev–Trinajstić information content (AvgIpc) is 3.10. The lowest BCUT2D eigenvalue weighted by Gasteiger charge is -2.44. The predicted octanol–water partition coefficient (Wildman–Crippen LogP) is 2.75. The first kappa shape index (κ1) is 12.6. The summed E-state index contributed by atoms with van der Waals surface area (Å²) in [7, 11) is 0. The lowest BCUT2D eigenvalue weighted by atomic mass is 9.92. The van der Waals surface area contributed by atoms with Crippen molar-refractivity contribution in [3.8, 4) is 0 Å². The van der Waals surface area contributed by atoms with E-state index >= 15 is 0 Å². The summed E-state index contributed by atoms with van der Waals surface area (Å²) in [5.74, 6) is 0.925. The van der Waals surface area contributed by atoms with Crippen LogP contribution in [0.1, 0.15) is 31.6 Å². The third-order valence-corrected chi connectivity index (χ3v) is 5.54. The second-order valence-electron chi connectivity index (χ2n) is 6.22. The van der Waals surface area contributed by atoms with Crippen molar-refractivity contribution in [2.45, 2.75) is 44.7 Å². The van der Waals surface area contributed by atoms with Crippen molar-refractivity contribution >= 4 is 11.3 Å². The van der Waals surface area contributed by atoms with E-state index in [0.717, 1.165) is 12.5 Å². The summed E-state index contributed by atoms with van der Waals surface area (Å²) in [5.41, 5.74) is 0.377. The molecule has 2 unspecified atom stereocenters. The monoisotopic (exact) mass is 264 g/mol. The minimum Gasteiger partial charge on any atom is -0.309 e. The van der Waals surface area contributed by atoms with Gasteiger partial charge in [-0.05, 0) is 50.5 Å². The van der Waals surface area contributed by atoms with E-state index in [1.165, 1.54) is 37.2 Å². The molecule has 1 N–H and O–H groups in total. The summed E-state index contributed by atoms with van der Waals surface area (Å²) in [5, 5.41) is 5.95. The molecule has 1 aliphatic heterocycles. The van der Waals surface area contributed by atoms with Crippen LogP contribution in [0.5, 0.6) is 0 Å². The van der Waals surface area contributed by atoms with Gasteiger partial charge in [0.2, 0.25) is 0 Å². The molecular formula is C15H24N2S. The van der Waals surface area contributed by atoms with E-state index in [2.05, 4.69) is 41.6 Å². The molecular weight excluding hydrogens is 240 g/mol. The highest BCUT2D eigenvalue weighted by Gasteiger charge is 2.44. The zero-order valence-corrected chi connectivity index (χ0v) is 12.3. The average molecular weight is 264 g/mol. The molecule has 100 valence electrons. The lowest BCUT2D eigenvalue weighted by Crippen LogP contribution is -2.61. The van der Waals surface area contributed by atoms with Gasteiger partial charge in [0.25, 0.3) is 0 Å². The summed E-state index contributed by atoms with van der Waals surface area (Å²) < 4.78 is 0. The van der Waals surface area contributed by atoms with Crippen LogP contribution in [-0.2, 0) is 6.42 Å². The number of hydrogen-bond donors (Lipinski definition) is 1. The fourth-order valence-corrected chi connectivity index (χ4v) is 4.09. The summed E-state index contributed by atoms with van der Waals surface area (Å²) in [6, 6.07) is 5.10. The largest absolute Gasteiger partial charge is 0.309 e. The van der Waals surface area contributed by atoms with Crippen molar-refractivity contribution in [1.82, 2.24) is 10.2 Å². The quantitative estimate of drug-likeness (QED) is 0.899. The van der Waals surface area contributed by atoms with Gasteiger partial charge in [0, 0.05) is 36.1 Å². The molecule has 1 saturated carbocycles. The van der Waals surface area contributed by atoms with Crippen LogP contribution in [0.15, 0.2) is 17.5 Å². The molecule has 0 spiro atoms. The normalized spacial score (nSPS) is 31.4. The Morgan fingerprint density at radius 2 is 2.39 bits per heavy atom. The molecule has 1 saturated heterocycles. The van der Waals surface area contributed by atoms with Gasteiger partial charge in [-0.2, -0.15) is 0 Å². The van der Waals surface area contributed by atoms with Crippen molar-refractivity contribution in [3.05, 3.63) is 22.4 Å². The highest BCUT2D eigenvalue weighted by molar-refractivity contribution is 7.09. The van der Waals surface area contributed by atoms with Crippen LogP contribution in [0.2, 0.25) is 0 Å². The van der Waals surface area contributed by atoms with Gasteiger partial charge >= 0.3 is 0 Å². The Labute approximate surface area is 114 Å². The second kappa shape index (κ2) is 4.95. The molecule has 2 heterocycles. The van der Waals surface area contributed by atoms with Crippen LogP contribution in [0.4, 0.5) is 0 Å². The van der Waals surface area contributed by atoms with E-state index < -0.39 is 0 Å². The van der Waals surface area contributed by atoms with Crippen LogP contribution in [-0.4, -0.2) is 36.1 Å². The van der Waals surface area contributed by atoms with E-state index in [1.807, 2.05) is 11.3 Å². The van der Waals surface area contributed by atoms with E-state index in [1.54, 1.807) is 0 Å². The first-order valence-corrected chi connectivity index (χ1v) is 8.07. The van der Waals surface area contributed by atoms with Gasteiger partial charge in [0.15, 0.2) is 0 Å². The summed E-state index contributed by atoms with van der Waals surface area (Å²) >= 11 is 1.89. The third-order valence-electron chi connectivity index (χ3n) is 4.64. The van der Waals surface area contributed by atoms with Gasteiger partial charge in [0.05, 0.1) is 0 Å². The minimum atomic E-state index is 0.377. The Bertz CT molecular complexity index is 385. The maximum absolute atomic E-state index is 3.76. The molecule has 0 aromatic carbocycles. The standard InChI is InChI=1S/C15H24N2S/c1-12(10-14-4-3-9-18-14)17-8-7-16-15(2,11-17)13-5-6-13/h3-4,9,12-13,16H,5-8,10-11H2,1-2H3. The fourth-order valence-electron chi connectivity index (χ4n) is 3.26. The molecule has 18 heavy (non-hydrogen) atoms. The topological polar surface area (TPSA) is 15.3 Å². The maximum Gasteiger partial charge on any atom is 0.0309 e. The van der Waals surface area contributed by atoms with E-state index in [0.29, 0.717) is 11.6 Å². The molecule has 2 atom stereocenters. The Morgan fingerprint density at radius 1 is 1.56 bits per heavy atom. The zero-order chi connectivity index (χ0) is 12.6. The zero-order valence-electron chi connectivity index (χ0n) is 11.5. The second-order valence-corrected chi connectivity index (χ2v) is 7.25. The Balaban J connectivity index is 1.61. The number of piperazine rings is 1. The van der Waals surface area contributed by atoms with Crippen LogP contribution >= 0.6 is 11.3 Å². The highest BCUT2D eigenvalue weighted by atomic mass is 32.1. The maximum atomic E-state index is 3.76. The molecule has 1 aromatic heterocycles. The number of rotatable bonds is 4. The Hall–Kier alpha value is -0.380. The van der Waals surface area contributed by atoms with Crippen molar-refractivity contribution < 1.29 is 0 Å². The van der Waals surface area contributed by atoms with Crippen molar-refractivity contribution in [1.29, 1.82) is 0 Å². The SMILES string of the molecule is CC(Cc1cccs1)N1CCNC(C)(C2CC2)C1. The van der Waals surface area contributed by atoms with Crippen molar-refractivity contribution in [2.24, 2.45) is 5.92 Å². The van der Waals surface area contributed by atoms with Gasteiger partial charge in [-0.3, -0.25) is 4.90 Å². The number of nitrogens with zero attached hydrogens (tertiary/aromatic N) is 1. The van der Waals surface area contributed by atoms with E-state index in [4.69, 9.17) is 0 Å². The number of thiophene rings is 1. The van der Waals surface area contributed by atoms with Gasteiger partial charge < -0.3 is 5.32 Å². The first-order valence-electron chi connectivity index (χ1n) is 7.19. The number of nitrogens with one attached hydrogen (secondary N) is 1. The van der Waals surface area contributed by atoms with Crippen LogP contribution in [0.3, 0.4) is 0 Å². The lowest BCUT2D eigenvalue weighted by molar-refractivity contribution is 0.0948. The van der Waals surface area contributed by atoms with Crippen LogP contribution in [0.25, 0.3) is 0 Å². The molecule has 0 radical (unpaired) electrons. The fraction of sp³-hybridized carbons (Fsp3) is 0.733. The Morgan fingerprint density at radius 3 is 3.06 bits per heavy atom. The molecule has 0 bridgehead atoms. The van der Waals surface area contributed by atoms with E-state index in [-0.39, 0.29) is 0 Å². The predicted molar refractivity (Wildman–Crippen MR) is 78.2 cm³/mol. The molecule has 3 heteroatoms. The van der Waals surface area contributed by atoms with Gasteiger partial charge in [0.1, 0.15) is 0 Å². The third kappa shape index (κ3) is 2.63. The van der Waals surface area contributed by atoms with Crippen LogP contribution in [0, 0.1) is 5.92 Å². The van der Waals surface area contributed by atoms with E-state index in [9.17, 15) is 0 Å². The summed E-state index contributed by atoms with van der Waals surface area (Å²) in [4.78, 5) is 4.21. The van der Waals surface area contributed by atoms with Crippen molar-refractivity contribution in [2.75, 3.05) is 19.6 Å². The molecule has 0 amide bonds. The molecule has 2 nitrogen and oxygen atoms in total. The Kier molecular flexibility index (Phi) is 3.48. The minimum absolute atomic E-state index is 0.377. The molecule has 2 aliphatic rings. The summed E-state index contributed by atoms with van der Waals surface area (Å²) in [6.07, 6.45) is 4.06. The van der Waals surface area contributed by atoms with Crippen molar-refractivity contribution in [3.63, 3.8) is 0 Å². The van der Waals surface area contributed by atoms with Gasteiger partial charge in [-0.25, -0.2) is 0 Å².